The van der Waals surface area contributed by atoms with Gasteiger partial charge in [-0.1, -0.05) is 0 Å². The fourth-order valence-corrected chi connectivity index (χ4v) is 2.55. The van der Waals surface area contributed by atoms with E-state index in [0.29, 0.717) is 0 Å². The molecular weight excluding hydrogens is 204 g/mol. The molecule has 1 N–H and O–H groups in total. The van der Waals surface area contributed by atoms with Gasteiger partial charge in [-0.05, 0) is 23.8 Å². The molecule has 0 saturated carbocycles. The molecule has 0 radical (unpaired) electrons. The van der Waals surface area contributed by atoms with Gasteiger partial charge in [0.1, 0.15) is 11.8 Å². The van der Waals surface area contributed by atoms with E-state index in [2.05, 4.69) is 10.2 Å². The van der Waals surface area contributed by atoms with Crippen LogP contribution in [0.2, 0.25) is 0 Å². The lowest BCUT2D eigenvalue weighted by Crippen LogP contribution is -2.53. The summed E-state index contributed by atoms with van der Waals surface area (Å²) >= 11 is 0. The van der Waals surface area contributed by atoms with Gasteiger partial charge in [-0.15, -0.1) is 0 Å². The third-order valence-corrected chi connectivity index (χ3v) is 3.34. The number of benzene rings is 1. The Morgan fingerprint density at radius 1 is 1.50 bits per heavy atom. The lowest BCUT2D eigenvalue weighted by atomic mass is 10.1. The smallest absolute Gasteiger partial charge is 0.243 e. The average molecular weight is 218 g/mol. The van der Waals surface area contributed by atoms with E-state index in [9.17, 15) is 4.79 Å². The third kappa shape index (κ3) is 1.26. The highest BCUT2D eigenvalue weighted by Crippen LogP contribution is 2.35. The minimum Gasteiger partial charge on any atom is -0.497 e. The van der Waals surface area contributed by atoms with Crippen LogP contribution in [-0.2, 0) is 11.2 Å². The van der Waals surface area contributed by atoms with E-state index < -0.39 is 0 Å². The first-order valence-electron chi connectivity index (χ1n) is 5.51. The van der Waals surface area contributed by atoms with Gasteiger partial charge in [-0.2, -0.15) is 0 Å². The monoisotopic (exact) mass is 218 g/mol. The first-order chi connectivity index (χ1) is 7.79. The van der Waals surface area contributed by atoms with Crippen LogP contribution in [0.25, 0.3) is 0 Å². The number of piperazine rings is 1. The molecule has 0 spiro atoms. The summed E-state index contributed by atoms with van der Waals surface area (Å²) in [6.07, 6.45) is 0.790. The standard InChI is InChI=1S/C12H14N2O2/c1-16-9-2-3-10-8(6-9)7-11-12(15)13-4-5-14(10)11/h2-3,6,11H,4-5,7H2,1H3,(H,13,15). The summed E-state index contributed by atoms with van der Waals surface area (Å²) in [4.78, 5) is 13.9. The van der Waals surface area contributed by atoms with E-state index in [-0.39, 0.29) is 11.9 Å². The van der Waals surface area contributed by atoms with Gasteiger partial charge in [0.15, 0.2) is 0 Å². The number of carbonyl (C=O) groups excluding carboxylic acids is 1. The van der Waals surface area contributed by atoms with Crippen molar-refractivity contribution in [3.8, 4) is 5.75 Å². The molecule has 2 heterocycles. The molecule has 1 amide bonds. The van der Waals surface area contributed by atoms with Gasteiger partial charge >= 0.3 is 0 Å². The average Bonchev–Trinajstić information content (AvgIpc) is 2.68. The molecule has 2 aliphatic rings. The Morgan fingerprint density at radius 3 is 3.19 bits per heavy atom. The van der Waals surface area contributed by atoms with Crippen LogP contribution in [-0.4, -0.2) is 32.1 Å². The van der Waals surface area contributed by atoms with E-state index in [1.807, 2.05) is 18.2 Å². The fourth-order valence-electron chi connectivity index (χ4n) is 2.55. The number of nitrogens with zero attached hydrogens (tertiary/aromatic N) is 1. The summed E-state index contributed by atoms with van der Waals surface area (Å²) < 4.78 is 5.20. The van der Waals surface area contributed by atoms with Crippen molar-refractivity contribution in [2.45, 2.75) is 12.5 Å². The highest BCUT2D eigenvalue weighted by molar-refractivity contribution is 5.89. The molecule has 0 bridgehead atoms. The second kappa shape index (κ2) is 3.40. The molecule has 1 aromatic carbocycles. The van der Waals surface area contributed by atoms with Gasteiger partial charge in [-0.25, -0.2) is 0 Å². The van der Waals surface area contributed by atoms with Crippen molar-refractivity contribution in [1.82, 2.24) is 5.32 Å². The summed E-state index contributed by atoms with van der Waals surface area (Å²) in [5.41, 5.74) is 2.39. The van der Waals surface area contributed by atoms with Crippen LogP contribution in [0.15, 0.2) is 18.2 Å². The largest absolute Gasteiger partial charge is 0.497 e. The summed E-state index contributed by atoms with van der Waals surface area (Å²) in [6.45, 7) is 1.64. The molecule has 1 fully saturated rings. The lowest BCUT2D eigenvalue weighted by molar-refractivity contribution is -0.123. The van der Waals surface area contributed by atoms with E-state index >= 15 is 0 Å². The molecule has 1 atom stereocenters. The Bertz CT molecular complexity index is 445. The molecule has 84 valence electrons. The number of fused-ring (bicyclic) bond motifs is 3. The van der Waals surface area contributed by atoms with E-state index in [4.69, 9.17) is 4.74 Å². The van der Waals surface area contributed by atoms with Crippen LogP contribution in [0.4, 0.5) is 5.69 Å². The van der Waals surface area contributed by atoms with Crippen molar-refractivity contribution in [3.05, 3.63) is 23.8 Å². The highest BCUT2D eigenvalue weighted by Gasteiger charge is 2.36. The second-order valence-corrected chi connectivity index (χ2v) is 4.20. The maximum Gasteiger partial charge on any atom is 0.243 e. The summed E-state index contributed by atoms with van der Waals surface area (Å²) in [5.74, 6) is 1.00. The van der Waals surface area contributed by atoms with Crippen LogP contribution in [0.5, 0.6) is 5.75 Å². The van der Waals surface area contributed by atoms with Crippen molar-refractivity contribution in [2.24, 2.45) is 0 Å². The van der Waals surface area contributed by atoms with Crippen molar-refractivity contribution in [1.29, 1.82) is 0 Å². The zero-order chi connectivity index (χ0) is 11.1. The van der Waals surface area contributed by atoms with E-state index in [0.717, 1.165) is 25.3 Å². The number of methoxy groups -OCH3 is 1. The van der Waals surface area contributed by atoms with E-state index in [1.54, 1.807) is 7.11 Å². The SMILES string of the molecule is COc1ccc2c(c1)CC1C(=O)NCCN21. The first kappa shape index (κ1) is 9.51. The molecule has 4 heteroatoms. The third-order valence-electron chi connectivity index (χ3n) is 3.34. The number of carbonyl (C=O) groups is 1. The van der Waals surface area contributed by atoms with Gasteiger partial charge in [0, 0.05) is 25.2 Å². The molecule has 4 nitrogen and oxygen atoms in total. The predicted molar refractivity (Wildman–Crippen MR) is 60.8 cm³/mol. The summed E-state index contributed by atoms with van der Waals surface area (Å²) in [6, 6.07) is 6.01. The minimum absolute atomic E-state index is 0.0177. The van der Waals surface area contributed by atoms with Gasteiger partial charge in [0.2, 0.25) is 5.91 Å². The molecule has 1 saturated heterocycles. The van der Waals surface area contributed by atoms with Crippen LogP contribution in [0.3, 0.4) is 0 Å². The van der Waals surface area contributed by atoms with Gasteiger partial charge in [0.05, 0.1) is 7.11 Å². The zero-order valence-electron chi connectivity index (χ0n) is 9.19. The summed E-state index contributed by atoms with van der Waals surface area (Å²) in [7, 11) is 1.66. The van der Waals surface area contributed by atoms with Crippen molar-refractivity contribution < 1.29 is 9.53 Å². The quantitative estimate of drug-likeness (QED) is 0.748. The number of hydrogen-bond acceptors (Lipinski definition) is 3. The number of anilines is 1. The second-order valence-electron chi connectivity index (χ2n) is 4.20. The number of rotatable bonds is 1. The minimum atomic E-state index is -0.0177. The lowest BCUT2D eigenvalue weighted by Gasteiger charge is -2.31. The normalized spacial score (nSPS) is 22.4. The maximum atomic E-state index is 11.7. The Labute approximate surface area is 94.2 Å². The number of ether oxygens (including phenoxy) is 1. The van der Waals surface area contributed by atoms with Gasteiger partial charge < -0.3 is 15.0 Å². The fraction of sp³-hybridized carbons (Fsp3) is 0.417. The Kier molecular flexibility index (Phi) is 2.02. The van der Waals surface area contributed by atoms with Gasteiger partial charge in [-0.3, -0.25) is 4.79 Å². The number of hydrogen-bond donors (Lipinski definition) is 1. The Hall–Kier alpha value is -1.71. The predicted octanol–water partition coefficient (Wildman–Crippen LogP) is 0.556. The molecular formula is C12H14N2O2. The van der Waals surface area contributed by atoms with Crippen LogP contribution >= 0.6 is 0 Å². The van der Waals surface area contributed by atoms with E-state index in [1.165, 1.54) is 11.3 Å². The van der Waals surface area contributed by atoms with Crippen molar-refractivity contribution in [3.63, 3.8) is 0 Å². The molecule has 3 rings (SSSR count). The first-order valence-corrected chi connectivity index (χ1v) is 5.51. The topological polar surface area (TPSA) is 41.6 Å². The highest BCUT2D eigenvalue weighted by atomic mass is 16.5. The molecule has 2 aliphatic heterocycles. The van der Waals surface area contributed by atoms with Gasteiger partial charge in [0.25, 0.3) is 0 Å². The molecule has 1 unspecified atom stereocenters. The summed E-state index contributed by atoms with van der Waals surface area (Å²) in [5, 5.41) is 2.91. The Balaban J connectivity index is 2.00. The molecule has 0 aromatic heterocycles. The molecule has 1 aromatic rings. The van der Waals surface area contributed by atoms with Crippen LogP contribution in [0, 0.1) is 0 Å². The number of amides is 1. The van der Waals surface area contributed by atoms with Crippen molar-refractivity contribution in [2.75, 3.05) is 25.1 Å². The maximum absolute atomic E-state index is 11.7. The van der Waals surface area contributed by atoms with Crippen LogP contribution < -0.4 is 15.0 Å². The van der Waals surface area contributed by atoms with Crippen LogP contribution in [0.1, 0.15) is 5.56 Å². The number of nitrogens with one attached hydrogen (secondary N) is 1. The van der Waals surface area contributed by atoms with Crippen molar-refractivity contribution >= 4 is 11.6 Å². The molecule has 0 aliphatic carbocycles. The Morgan fingerprint density at radius 2 is 2.38 bits per heavy atom. The molecule has 16 heavy (non-hydrogen) atoms. The zero-order valence-corrected chi connectivity index (χ0v) is 9.19.